The van der Waals surface area contributed by atoms with Crippen LogP contribution < -0.4 is 0 Å². The van der Waals surface area contributed by atoms with Crippen LogP contribution in [0.4, 0.5) is 0 Å². The molecule has 0 atom stereocenters. The molecule has 0 saturated carbocycles. The molecule has 2 rings (SSSR count). The largest absolute Gasteiger partial charge is 0.452 e. The summed E-state index contributed by atoms with van der Waals surface area (Å²) >= 11 is 0. The summed E-state index contributed by atoms with van der Waals surface area (Å²) in [6, 6.07) is 5.47. The third-order valence-electron chi connectivity index (χ3n) is 1.47. The van der Waals surface area contributed by atoms with E-state index >= 15 is 0 Å². The van der Waals surface area contributed by atoms with E-state index < -0.39 is 18.1 Å². The second-order valence-electron chi connectivity index (χ2n) is 2.74. The first-order valence-corrected chi connectivity index (χ1v) is 8.79. The number of halogens is 2. The van der Waals surface area contributed by atoms with Crippen molar-refractivity contribution in [3.8, 4) is 0 Å². The van der Waals surface area contributed by atoms with E-state index in [1.165, 1.54) is 36.8 Å². The minimum atomic E-state index is -3.65. The molecule has 0 N–H and O–H groups in total. The highest BCUT2D eigenvalue weighted by Crippen LogP contribution is 2.14. The maximum absolute atomic E-state index is 10.4. The Morgan fingerprint density at radius 1 is 0.778 bits per heavy atom. The summed E-state index contributed by atoms with van der Waals surface area (Å²) in [5.41, 5.74) is 0. The standard InChI is InChI=1S/2C4H3ClO3S/c2*5-9(6,7)4-2-1-3-8-4/h2*1-3H. The zero-order valence-electron chi connectivity index (χ0n) is 8.49. The maximum Gasteiger partial charge on any atom is 0.294 e. The number of furan rings is 2. The van der Waals surface area contributed by atoms with Gasteiger partial charge in [-0.2, -0.15) is 0 Å². The fourth-order valence-corrected chi connectivity index (χ4v) is 2.15. The van der Waals surface area contributed by atoms with Crippen molar-refractivity contribution in [2.45, 2.75) is 10.2 Å². The van der Waals surface area contributed by atoms with Crippen molar-refractivity contribution in [3.05, 3.63) is 36.8 Å². The second kappa shape index (κ2) is 5.79. The average molecular weight is 333 g/mol. The fraction of sp³-hybridized carbons (Fsp3) is 0. The highest BCUT2D eigenvalue weighted by molar-refractivity contribution is 8.13. The lowest BCUT2D eigenvalue weighted by molar-refractivity contribution is 0.455. The molecule has 0 spiro atoms. The molecule has 6 nitrogen and oxygen atoms in total. The van der Waals surface area contributed by atoms with Gasteiger partial charge in [0.15, 0.2) is 0 Å². The van der Waals surface area contributed by atoms with E-state index in [4.69, 9.17) is 21.4 Å². The summed E-state index contributed by atoms with van der Waals surface area (Å²) in [7, 11) is 2.45. The van der Waals surface area contributed by atoms with Gasteiger partial charge in [0.25, 0.3) is 18.1 Å². The molecule has 0 saturated heterocycles. The lowest BCUT2D eigenvalue weighted by Gasteiger charge is -1.83. The zero-order valence-corrected chi connectivity index (χ0v) is 11.6. The van der Waals surface area contributed by atoms with Crippen LogP contribution in [0.2, 0.25) is 0 Å². The van der Waals surface area contributed by atoms with Crippen LogP contribution in [-0.2, 0) is 18.1 Å². The van der Waals surface area contributed by atoms with Crippen molar-refractivity contribution < 1.29 is 25.7 Å². The van der Waals surface area contributed by atoms with E-state index in [-0.39, 0.29) is 10.2 Å². The third-order valence-corrected chi connectivity index (χ3v) is 3.81. The fourth-order valence-electron chi connectivity index (χ4n) is 0.804. The Morgan fingerprint density at radius 3 is 1.22 bits per heavy atom. The van der Waals surface area contributed by atoms with Crippen molar-refractivity contribution in [1.29, 1.82) is 0 Å². The van der Waals surface area contributed by atoms with Crippen LogP contribution in [0.15, 0.2) is 55.8 Å². The summed E-state index contributed by atoms with van der Waals surface area (Å²) in [5, 5.41) is -0.437. The van der Waals surface area contributed by atoms with Crippen LogP contribution in [0.3, 0.4) is 0 Å². The summed E-state index contributed by atoms with van der Waals surface area (Å²) in [6.45, 7) is 0. The van der Waals surface area contributed by atoms with Gasteiger partial charge in [0.05, 0.1) is 12.5 Å². The molecular formula is C8H6Cl2O6S2. The Bertz CT molecular complexity index is 608. The first-order chi connectivity index (χ1) is 8.21. The predicted octanol–water partition coefficient (Wildman–Crippen LogP) is 2.41. The summed E-state index contributed by atoms with van der Waals surface area (Å²) in [6.07, 6.45) is 2.49. The molecule has 0 aromatic carbocycles. The van der Waals surface area contributed by atoms with E-state index in [1.54, 1.807) is 0 Å². The van der Waals surface area contributed by atoms with Crippen molar-refractivity contribution in [2.75, 3.05) is 0 Å². The Kier molecular flexibility index (Phi) is 4.85. The number of hydrogen-bond acceptors (Lipinski definition) is 6. The quantitative estimate of drug-likeness (QED) is 0.783. The average Bonchev–Trinajstić information content (AvgIpc) is 2.91. The van der Waals surface area contributed by atoms with E-state index in [9.17, 15) is 16.8 Å². The van der Waals surface area contributed by atoms with Gasteiger partial charge in [-0.15, -0.1) is 0 Å². The molecule has 2 aromatic heterocycles. The van der Waals surface area contributed by atoms with Gasteiger partial charge in [-0.25, -0.2) is 16.8 Å². The Morgan fingerprint density at radius 2 is 1.11 bits per heavy atom. The number of hydrogen-bond donors (Lipinski definition) is 0. The second-order valence-corrected chi connectivity index (χ2v) is 7.73. The molecular weight excluding hydrogens is 327 g/mol. The highest BCUT2D eigenvalue weighted by Gasteiger charge is 2.11. The van der Waals surface area contributed by atoms with Gasteiger partial charge in [-0.1, -0.05) is 0 Å². The molecule has 0 bridgehead atoms. The maximum atomic E-state index is 10.4. The molecule has 0 amide bonds. The Hall–Kier alpha value is -0.960. The minimum absolute atomic E-state index is 0.218. The van der Waals surface area contributed by atoms with Crippen LogP contribution in [0, 0.1) is 0 Å². The summed E-state index contributed by atoms with van der Waals surface area (Å²) in [4.78, 5) is 0. The van der Waals surface area contributed by atoms with Crippen molar-refractivity contribution in [3.63, 3.8) is 0 Å². The van der Waals surface area contributed by atoms with Crippen LogP contribution in [0.25, 0.3) is 0 Å². The van der Waals surface area contributed by atoms with Crippen LogP contribution in [0.1, 0.15) is 0 Å². The molecule has 0 unspecified atom stereocenters. The molecule has 0 aliphatic carbocycles. The lowest BCUT2D eigenvalue weighted by Crippen LogP contribution is -1.84. The monoisotopic (exact) mass is 332 g/mol. The summed E-state index contributed by atoms with van der Waals surface area (Å²) in [5.74, 6) is 0. The van der Waals surface area contributed by atoms with Crippen molar-refractivity contribution in [1.82, 2.24) is 0 Å². The van der Waals surface area contributed by atoms with Crippen LogP contribution in [-0.4, -0.2) is 16.8 Å². The van der Waals surface area contributed by atoms with Crippen LogP contribution >= 0.6 is 21.4 Å². The molecule has 2 aromatic rings. The van der Waals surface area contributed by atoms with Gasteiger partial charge < -0.3 is 8.83 Å². The van der Waals surface area contributed by atoms with Crippen molar-refractivity contribution >= 4 is 39.5 Å². The van der Waals surface area contributed by atoms with Gasteiger partial charge in [-0.3, -0.25) is 0 Å². The van der Waals surface area contributed by atoms with Gasteiger partial charge in [0.1, 0.15) is 0 Å². The predicted molar refractivity (Wildman–Crippen MR) is 63.5 cm³/mol. The number of rotatable bonds is 2. The molecule has 0 aliphatic heterocycles. The molecule has 18 heavy (non-hydrogen) atoms. The first kappa shape index (κ1) is 15.1. The molecule has 0 radical (unpaired) electrons. The highest BCUT2D eigenvalue weighted by atomic mass is 35.7. The lowest BCUT2D eigenvalue weighted by atomic mass is 10.7. The molecule has 100 valence electrons. The zero-order chi connectivity index (χ0) is 13.8. The van der Waals surface area contributed by atoms with Gasteiger partial charge in [-0.05, 0) is 24.3 Å². The molecule has 2 heterocycles. The van der Waals surface area contributed by atoms with Crippen LogP contribution in [0.5, 0.6) is 0 Å². The van der Waals surface area contributed by atoms with E-state index in [2.05, 4.69) is 8.83 Å². The van der Waals surface area contributed by atoms with Gasteiger partial charge in [0.2, 0.25) is 10.2 Å². The summed E-state index contributed by atoms with van der Waals surface area (Å²) < 4.78 is 50.4. The third kappa shape index (κ3) is 4.73. The topological polar surface area (TPSA) is 94.6 Å². The SMILES string of the molecule is O=S(=O)(Cl)c1ccco1.O=S(=O)(Cl)c1ccco1. The van der Waals surface area contributed by atoms with E-state index in [1.807, 2.05) is 0 Å². The first-order valence-electron chi connectivity index (χ1n) is 4.17. The van der Waals surface area contributed by atoms with E-state index in [0.29, 0.717) is 0 Å². The van der Waals surface area contributed by atoms with Crippen molar-refractivity contribution in [2.24, 2.45) is 0 Å². The molecule has 0 aliphatic rings. The normalized spacial score (nSPS) is 11.7. The smallest absolute Gasteiger partial charge is 0.294 e. The minimum Gasteiger partial charge on any atom is -0.452 e. The van der Waals surface area contributed by atoms with Gasteiger partial charge >= 0.3 is 0 Å². The van der Waals surface area contributed by atoms with E-state index in [0.717, 1.165) is 0 Å². The van der Waals surface area contributed by atoms with Gasteiger partial charge in [0, 0.05) is 21.4 Å². The Labute approximate surface area is 112 Å². The molecule has 10 heteroatoms. The molecule has 0 fully saturated rings. The Balaban J connectivity index is 0.000000180.